The lowest BCUT2D eigenvalue weighted by molar-refractivity contribution is 0.0292. The number of benzene rings is 4. The normalized spacial score (nSPS) is 15.4. The molecule has 0 radical (unpaired) electrons. The van der Waals surface area contributed by atoms with Gasteiger partial charge in [0.25, 0.3) is 0 Å². The van der Waals surface area contributed by atoms with Crippen LogP contribution in [0.3, 0.4) is 0 Å². The summed E-state index contributed by atoms with van der Waals surface area (Å²) in [7, 11) is -4.96. The molecule has 1 fully saturated rings. The summed E-state index contributed by atoms with van der Waals surface area (Å²) in [6.45, 7) is 6.45. The van der Waals surface area contributed by atoms with E-state index in [0.717, 1.165) is 11.4 Å². The summed E-state index contributed by atoms with van der Waals surface area (Å²) < 4.78 is 92.0. The van der Waals surface area contributed by atoms with Crippen LogP contribution in [0.2, 0.25) is 0 Å². The molecule has 1 saturated heterocycles. The van der Waals surface area contributed by atoms with Crippen molar-refractivity contribution in [2.45, 2.75) is 81.3 Å². The topological polar surface area (TPSA) is 205 Å². The van der Waals surface area contributed by atoms with E-state index in [1.807, 2.05) is 27.8 Å². The first-order chi connectivity index (χ1) is 32.0. The van der Waals surface area contributed by atoms with E-state index in [9.17, 15) is 4.79 Å². The van der Waals surface area contributed by atoms with Gasteiger partial charge in [-0.3, -0.25) is 0 Å². The average Bonchev–Trinajstić information content (AvgIpc) is 4.10. The molecule has 0 saturated carbocycles. The van der Waals surface area contributed by atoms with Crippen LogP contribution in [0.4, 0.5) is 10.5 Å². The highest BCUT2D eigenvalue weighted by Crippen LogP contribution is 2.43. The molecule has 1 amide bonds. The Morgan fingerprint density at radius 3 is 1.97 bits per heavy atom. The molecule has 0 spiro atoms. The van der Waals surface area contributed by atoms with Crippen molar-refractivity contribution in [1.29, 1.82) is 0 Å². The second-order valence-corrected chi connectivity index (χ2v) is 20.8. The summed E-state index contributed by atoms with van der Waals surface area (Å²) >= 11 is 0. The molecule has 21 heteroatoms. The maximum atomic E-state index is 16.2. The van der Waals surface area contributed by atoms with Gasteiger partial charge in [0.1, 0.15) is 38.5 Å². The van der Waals surface area contributed by atoms with E-state index in [2.05, 4.69) is 25.2 Å². The number of anilines is 1. The molecule has 2 aliphatic heterocycles. The van der Waals surface area contributed by atoms with E-state index < -0.39 is 47.6 Å². The van der Waals surface area contributed by atoms with E-state index in [-0.39, 0.29) is 57.1 Å². The molecule has 67 heavy (non-hydrogen) atoms. The number of tetrazole rings is 1. The van der Waals surface area contributed by atoms with E-state index in [4.69, 9.17) is 18.9 Å². The number of imidazole rings is 1. The zero-order valence-corrected chi connectivity index (χ0v) is 39.8. The number of carbonyl (C=O) groups is 1. The van der Waals surface area contributed by atoms with Crippen molar-refractivity contribution in [3.05, 3.63) is 120 Å². The number of carbonyl (C=O) groups excluding carboxylic acids is 1. The molecule has 4 heterocycles. The predicted octanol–water partition coefficient (Wildman–Crippen LogP) is 5.31. The lowest BCUT2D eigenvalue weighted by Crippen LogP contribution is -2.41. The molecule has 354 valence electrons. The summed E-state index contributed by atoms with van der Waals surface area (Å²) in [4.78, 5) is 20.0. The highest BCUT2D eigenvalue weighted by Gasteiger charge is 2.41. The van der Waals surface area contributed by atoms with E-state index in [0.29, 0.717) is 47.2 Å². The van der Waals surface area contributed by atoms with Crippen molar-refractivity contribution >= 4 is 31.8 Å². The SMILES string of the molecule is COc1ccc(CN(Cc2ccc(OC)cc2)S(=O)(=O)c2c(S(=O)(=O)NC3CCN(C(=O)OC(C)(C)C)C3)ccc(N3CCn4ccnc4C3)c2-c2nnnn2Cc2ccc(OC)cc2)cc1. The molecule has 1 atom stereocenters. The van der Waals surface area contributed by atoms with Crippen LogP contribution in [-0.4, -0.2) is 114 Å². The van der Waals surface area contributed by atoms with Gasteiger partial charge in [-0.2, -0.15) is 4.31 Å². The number of nitrogens with zero attached hydrogens (tertiary/aromatic N) is 9. The van der Waals surface area contributed by atoms with Gasteiger partial charge < -0.3 is 33.3 Å². The smallest absolute Gasteiger partial charge is 0.410 e. The fraction of sp³-hybridized carbons (Fsp3) is 0.370. The number of likely N-dealkylation sites (tertiary alicyclic amines) is 1. The number of amides is 1. The highest BCUT2D eigenvalue weighted by molar-refractivity contribution is 7.92. The Kier molecular flexibility index (Phi) is 13.6. The second kappa shape index (κ2) is 19.4. The van der Waals surface area contributed by atoms with Gasteiger partial charge in [0.05, 0.1) is 40.0 Å². The first-order valence-corrected chi connectivity index (χ1v) is 24.5. The summed E-state index contributed by atoms with van der Waals surface area (Å²) in [6.07, 6.45) is 3.26. The Hall–Kier alpha value is -6.55. The van der Waals surface area contributed by atoms with Crippen LogP contribution >= 0.6 is 0 Å². The van der Waals surface area contributed by atoms with Gasteiger partial charge in [-0.1, -0.05) is 36.4 Å². The van der Waals surface area contributed by atoms with Crippen molar-refractivity contribution in [2.24, 2.45) is 0 Å². The first-order valence-electron chi connectivity index (χ1n) is 21.6. The third kappa shape index (κ3) is 10.5. The van der Waals surface area contributed by atoms with Crippen LogP contribution in [0.1, 0.15) is 49.7 Å². The fourth-order valence-corrected chi connectivity index (χ4v) is 11.8. The number of sulfonamides is 2. The Labute approximate surface area is 390 Å². The lowest BCUT2D eigenvalue weighted by atomic mass is 10.1. The van der Waals surface area contributed by atoms with Crippen LogP contribution in [0.5, 0.6) is 17.2 Å². The molecule has 0 bridgehead atoms. The summed E-state index contributed by atoms with van der Waals surface area (Å²) in [5, 5.41) is 12.9. The molecule has 2 aromatic heterocycles. The molecule has 1 N–H and O–H groups in total. The standard InChI is InChI=1S/C46H54N10O9S2/c1-46(2,3)65-45(57)54-23-21-35(30-54)49-66(58,59)40-20-19-39(53-26-25-52-24-22-47-41(52)31-53)42(44-48-50-51-56(44)29-34-11-17-38(64-6)18-12-34)43(40)67(60,61)55(27-32-7-13-36(62-4)14-8-32)28-33-9-15-37(63-5)16-10-33/h7-20,22,24,35,49H,21,23,25-31H2,1-6H3. The first kappa shape index (κ1) is 47.0. The minimum absolute atomic E-state index is 0.00274. The minimum atomic E-state index is -4.89. The number of hydrogen-bond acceptors (Lipinski definition) is 14. The molecule has 6 aromatic rings. The van der Waals surface area contributed by atoms with Gasteiger partial charge in [-0.05, 0) is 103 Å². The third-order valence-corrected chi connectivity index (χ3v) is 15.1. The van der Waals surface area contributed by atoms with Crippen LogP contribution in [-0.2, 0) is 57.5 Å². The van der Waals surface area contributed by atoms with Crippen LogP contribution < -0.4 is 23.8 Å². The van der Waals surface area contributed by atoms with E-state index in [1.165, 1.54) is 20.0 Å². The molecule has 19 nitrogen and oxygen atoms in total. The maximum Gasteiger partial charge on any atom is 0.410 e. The zero-order valence-electron chi connectivity index (χ0n) is 38.2. The Balaban J connectivity index is 1.33. The van der Waals surface area contributed by atoms with Crippen molar-refractivity contribution in [1.82, 2.24) is 43.7 Å². The summed E-state index contributed by atoms with van der Waals surface area (Å²) in [5.41, 5.74) is 1.58. The van der Waals surface area contributed by atoms with Gasteiger partial charge in [0.2, 0.25) is 20.0 Å². The Morgan fingerprint density at radius 1 is 0.791 bits per heavy atom. The minimum Gasteiger partial charge on any atom is -0.497 e. The number of rotatable bonds is 16. The van der Waals surface area contributed by atoms with Crippen molar-refractivity contribution < 1.29 is 40.6 Å². The third-order valence-electron chi connectivity index (χ3n) is 11.5. The van der Waals surface area contributed by atoms with Gasteiger partial charge in [0.15, 0.2) is 5.82 Å². The Bertz CT molecular complexity index is 2870. The van der Waals surface area contributed by atoms with Gasteiger partial charge >= 0.3 is 6.09 Å². The highest BCUT2D eigenvalue weighted by atomic mass is 32.2. The van der Waals surface area contributed by atoms with Gasteiger partial charge in [-0.25, -0.2) is 36.0 Å². The zero-order chi connectivity index (χ0) is 47.5. The molecule has 1 unspecified atom stereocenters. The summed E-state index contributed by atoms with van der Waals surface area (Å²) in [5.74, 6) is 2.53. The molecule has 2 aliphatic rings. The molecule has 8 rings (SSSR count). The van der Waals surface area contributed by atoms with Crippen LogP contribution in [0.25, 0.3) is 11.4 Å². The van der Waals surface area contributed by atoms with Crippen molar-refractivity contribution in [3.8, 4) is 28.6 Å². The number of methoxy groups -OCH3 is 3. The van der Waals surface area contributed by atoms with Crippen molar-refractivity contribution in [3.63, 3.8) is 0 Å². The number of nitrogens with one attached hydrogen (secondary N) is 1. The van der Waals surface area contributed by atoms with Crippen LogP contribution in [0, 0.1) is 0 Å². The number of ether oxygens (including phenoxy) is 4. The maximum absolute atomic E-state index is 16.2. The van der Waals surface area contributed by atoms with E-state index >= 15 is 16.8 Å². The molecule has 0 aliphatic carbocycles. The monoisotopic (exact) mass is 954 g/mol. The average molecular weight is 955 g/mol. The largest absolute Gasteiger partial charge is 0.497 e. The van der Waals surface area contributed by atoms with Crippen LogP contribution in [0.15, 0.2) is 107 Å². The number of hydrogen-bond donors (Lipinski definition) is 1. The molecular formula is C46H54N10O9S2. The molecular weight excluding hydrogens is 901 g/mol. The van der Waals surface area contributed by atoms with Gasteiger partial charge in [0, 0.05) is 63.4 Å². The quantitative estimate of drug-likeness (QED) is 0.131. The van der Waals surface area contributed by atoms with Gasteiger partial charge in [-0.15, -0.1) is 5.10 Å². The van der Waals surface area contributed by atoms with E-state index in [1.54, 1.807) is 115 Å². The number of aromatic nitrogens is 6. The number of fused-ring (bicyclic) bond motifs is 1. The lowest BCUT2D eigenvalue weighted by Gasteiger charge is -2.33. The summed E-state index contributed by atoms with van der Waals surface area (Å²) in [6, 6.07) is 23.4. The Morgan fingerprint density at radius 2 is 1.39 bits per heavy atom. The van der Waals surface area contributed by atoms with Crippen molar-refractivity contribution in [2.75, 3.05) is 45.9 Å². The predicted molar refractivity (Wildman–Crippen MR) is 248 cm³/mol. The fourth-order valence-electron chi connectivity index (χ4n) is 8.13. The second-order valence-electron chi connectivity index (χ2n) is 17.3. The molecule has 4 aromatic carbocycles.